The predicted octanol–water partition coefficient (Wildman–Crippen LogP) is -0.459. The Morgan fingerprint density at radius 3 is 1.83 bits per heavy atom. The first kappa shape index (κ1) is 8.43. The maximum absolute atomic E-state index is 10.6. The van der Waals surface area contributed by atoms with E-state index in [-0.39, 0.29) is 19.1 Å². The van der Waals surface area contributed by atoms with Crippen LogP contribution in [0.4, 0.5) is 0 Å². The normalized spacial score (nSPS) is 31.3. The lowest BCUT2D eigenvalue weighted by atomic mass is 9.92. The van der Waals surface area contributed by atoms with Gasteiger partial charge in [-0.3, -0.25) is 0 Å². The van der Waals surface area contributed by atoms with E-state index in [0.29, 0.717) is 19.1 Å². The Labute approximate surface area is 70.9 Å². The molecule has 12 heavy (non-hydrogen) atoms. The van der Waals surface area contributed by atoms with Gasteiger partial charge in [0.15, 0.2) is 0 Å². The SMILES string of the molecule is O=S1(=O)OCC(C2COC2)CO1. The molecule has 0 radical (unpaired) electrons. The first-order valence-corrected chi connectivity index (χ1v) is 5.12. The molecule has 0 aromatic carbocycles. The standard InChI is InChI=1S/C6H10O5S/c7-12(8)10-3-6(4-11-12)5-1-9-2-5/h5-6H,1-4H2. The van der Waals surface area contributed by atoms with Crippen LogP contribution >= 0.6 is 0 Å². The van der Waals surface area contributed by atoms with Crippen molar-refractivity contribution in [3.05, 3.63) is 0 Å². The first-order chi connectivity index (χ1) is 5.67. The van der Waals surface area contributed by atoms with Crippen molar-refractivity contribution in [1.82, 2.24) is 0 Å². The average Bonchev–Trinajstić information content (AvgIpc) is 1.89. The molecular weight excluding hydrogens is 184 g/mol. The lowest BCUT2D eigenvalue weighted by Gasteiger charge is -2.34. The van der Waals surface area contributed by atoms with Gasteiger partial charge in [0, 0.05) is 11.8 Å². The highest BCUT2D eigenvalue weighted by molar-refractivity contribution is 7.81. The van der Waals surface area contributed by atoms with Crippen molar-refractivity contribution in [3.8, 4) is 0 Å². The van der Waals surface area contributed by atoms with Crippen LogP contribution in [0.15, 0.2) is 0 Å². The van der Waals surface area contributed by atoms with Gasteiger partial charge in [0.05, 0.1) is 26.4 Å². The molecule has 0 atom stereocenters. The average molecular weight is 194 g/mol. The van der Waals surface area contributed by atoms with E-state index in [4.69, 9.17) is 4.74 Å². The van der Waals surface area contributed by atoms with Gasteiger partial charge in [-0.15, -0.1) is 0 Å². The molecule has 2 aliphatic rings. The number of ether oxygens (including phenoxy) is 1. The fourth-order valence-corrected chi connectivity index (χ4v) is 1.97. The van der Waals surface area contributed by atoms with Gasteiger partial charge in [-0.25, -0.2) is 8.37 Å². The third-order valence-electron chi connectivity index (χ3n) is 2.18. The summed E-state index contributed by atoms with van der Waals surface area (Å²) >= 11 is 0. The Kier molecular flexibility index (Phi) is 2.07. The van der Waals surface area contributed by atoms with E-state index in [0.717, 1.165) is 0 Å². The van der Waals surface area contributed by atoms with Gasteiger partial charge in [0.1, 0.15) is 0 Å². The quantitative estimate of drug-likeness (QED) is 0.565. The zero-order valence-electron chi connectivity index (χ0n) is 6.43. The van der Waals surface area contributed by atoms with Crippen LogP contribution in [-0.2, 0) is 23.5 Å². The zero-order valence-corrected chi connectivity index (χ0v) is 7.25. The van der Waals surface area contributed by atoms with Crippen LogP contribution in [0.3, 0.4) is 0 Å². The van der Waals surface area contributed by atoms with Crippen LogP contribution in [0.5, 0.6) is 0 Å². The Balaban J connectivity index is 1.89. The minimum Gasteiger partial charge on any atom is -0.381 e. The molecule has 2 rings (SSSR count). The van der Waals surface area contributed by atoms with Crippen LogP contribution in [-0.4, -0.2) is 34.8 Å². The first-order valence-electron chi connectivity index (χ1n) is 3.79. The molecule has 2 saturated heterocycles. The molecule has 0 N–H and O–H groups in total. The van der Waals surface area contributed by atoms with Crippen LogP contribution < -0.4 is 0 Å². The fraction of sp³-hybridized carbons (Fsp3) is 1.00. The van der Waals surface area contributed by atoms with E-state index in [1.165, 1.54) is 0 Å². The minimum absolute atomic E-state index is 0.169. The van der Waals surface area contributed by atoms with Crippen LogP contribution in [0.2, 0.25) is 0 Å². The lowest BCUT2D eigenvalue weighted by Crippen LogP contribution is -2.42. The van der Waals surface area contributed by atoms with E-state index in [2.05, 4.69) is 8.37 Å². The second-order valence-electron chi connectivity index (χ2n) is 3.03. The number of hydrogen-bond donors (Lipinski definition) is 0. The van der Waals surface area contributed by atoms with Gasteiger partial charge < -0.3 is 4.74 Å². The summed E-state index contributed by atoms with van der Waals surface area (Å²) in [5.41, 5.74) is 0. The Bertz CT molecular complexity index is 241. The van der Waals surface area contributed by atoms with Gasteiger partial charge >= 0.3 is 10.4 Å². The van der Waals surface area contributed by atoms with E-state index in [1.807, 2.05) is 0 Å². The monoisotopic (exact) mass is 194 g/mol. The predicted molar refractivity (Wildman–Crippen MR) is 38.6 cm³/mol. The van der Waals surface area contributed by atoms with E-state index in [1.54, 1.807) is 0 Å². The number of rotatable bonds is 1. The molecule has 0 aromatic rings. The molecule has 2 heterocycles. The van der Waals surface area contributed by atoms with Crippen molar-refractivity contribution in [2.24, 2.45) is 11.8 Å². The van der Waals surface area contributed by atoms with Gasteiger partial charge in [-0.1, -0.05) is 0 Å². The summed E-state index contributed by atoms with van der Waals surface area (Å²) < 4.78 is 35.3. The van der Waals surface area contributed by atoms with Gasteiger partial charge in [0.25, 0.3) is 0 Å². The Hall–Kier alpha value is -0.170. The smallest absolute Gasteiger partial charge is 0.381 e. The summed E-state index contributed by atoms with van der Waals surface area (Å²) in [7, 11) is -3.67. The summed E-state index contributed by atoms with van der Waals surface area (Å²) in [4.78, 5) is 0. The second kappa shape index (κ2) is 2.95. The zero-order chi connectivity index (χ0) is 8.60. The highest BCUT2D eigenvalue weighted by Gasteiger charge is 2.34. The van der Waals surface area contributed by atoms with E-state index in [9.17, 15) is 8.42 Å². The largest absolute Gasteiger partial charge is 0.399 e. The Morgan fingerprint density at radius 1 is 0.917 bits per heavy atom. The molecule has 0 bridgehead atoms. The van der Waals surface area contributed by atoms with Crippen LogP contribution in [0.25, 0.3) is 0 Å². The van der Waals surface area contributed by atoms with Gasteiger partial charge in [-0.05, 0) is 0 Å². The molecule has 2 aliphatic heterocycles. The van der Waals surface area contributed by atoms with E-state index >= 15 is 0 Å². The van der Waals surface area contributed by atoms with Crippen molar-refractivity contribution in [3.63, 3.8) is 0 Å². The molecule has 0 aliphatic carbocycles. The van der Waals surface area contributed by atoms with E-state index < -0.39 is 10.4 Å². The molecule has 0 aromatic heterocycles. The third kappa shape index (κ3) is 1.61. The molecule has 0 spiro atoms. The van der Waals surface area contributed by atoms with Crippen molar-refractivity contribution >= 4 is 10.4 Å². The van der Waals surface area contributed by atoms with Crippen LogP contribution in [0, 0.1) is 11.8 Å². The maximum Gasteiger partial charge on any atom is 0.399 e. The van der Waals surface area contributed by atoms with Crippen LogP contribution in [0.1, 0.15) is 0 Å². The lowest BCUT2D eigenvalue weighted by molar-refractivity contribution is -0.0861. The van der Waals surface area contributed by atoms with Gasteiger partial charge in [0.2, 0.25) is 0 Å². The molecule has 0 saturated carbocycles. The Morgan fingerprint density at radius 2 is 1.42 bits per heavy atom. The minimum atomic E-state index is -3.67. The summed E-state index contributed by atoms with van der Waals surface area (Å²) in [5.74, 6) is 0.572. The summed E-state index contributed by atoms with van der Waals surface area (Å²) in [6.45, 7) is 1.85. The second-order valence-corrected chi connectivity index (χ2v) is 4.32. The molecule has 2 fully saturated rings. The van der Waals surface area contributed by atoms with Crippen molar-refractivity contribution < 1.29 is 21.5 Å². The molecule has 70 valence electrons. The maximum atomic E-state index is 10.6. The fourth-order valence-electron chi connectivity index (χ4n) is 1.22. The summed E-state index contributed by atoms with van der Waals surface area (Å²) in [5, 5.41) is 0. The molecule has 5 nitrogen and oxygen atoms in total. The topological polar surface area (TPSA) is 61.8 Å². The van der Waals surface area contributed by atoms with Crippen molar-refractivity contribution in [2.75, 3.05) is 26.4 Å². The van der Waals surface area contributed by atoms with Crippen molar-refractivity contribution in [2.45, 2.75) is 0 Å². The molecular formula is C6H10O5S. The van der Waals surface area contributed by atoms with Gasteiger partial charge in [-0.2, -0.15) is 8.42 Å². The van der Waals surface area contributed by atoms with Crippen molar-refractivity contribution in [1.29, 1.82) is 0 Å². The summed E-state index contributed by atoms with van der Waals surface area (Å²) in [6.07, 6.45) is 0. The highest BCUT2D eigenvalue weighted by atomic mass is 32.3. The summed E-state index contributed by atoms with van der Waals surface area (Å²) in [6, 6.07) is 0. The third-order valence-corrected chi connectivity index (χ3v) is 3.03. The molecule has 0 amide bonds. The highest BCUT2D eigenvalue weighted by Crippen LogP contribution is 2.25. The molecule has 6 heteroatoms. The molecule has 0 unspecified atom stereocenters. The number of hydrogen-bond acceptors (Lipinski definition) is 5.